The number of nitrogens with zero attached hydrogens (tertiary/aromatic N) is 2. The first-order chi connectivity index (χ1) is 14.1. The fraction of sp³-hybridized carbons (Fsp3) is 0.136. The molecule has 2 amide bonds. The highest BCUT2D eigenvalue weighted by atomic mass is 32.1. The topological polar surface area (TPSA) is 71.5 Å². The summed E-state index contributed by atoms with van der Waals surface area (Å²) in [6.45, 7) is 6.05. The van der Waals surface area contributed by atoms with Crippen molar-refractivity contribution in [3.05, 3.63) is 71.6 Å². The third kappa shape index (κ3) is 3.77. The number of anilines is 2. The molecule has 1 aliphatic heterocycles. The molecule has 2 aromatic carbocycles. The van der Waals surface area contributed by atoms with Gasteiger partial charge in [-0.1, -0.05) is 24.3 Å². The third-order valence-electron chi connectivity index (χ3n) is 4.62. The second-order valence-corrected chi connectivity index (χ2v) is 7.43. The van der Waals surface area contributed by atoms with E-state index in [4.69, 9.17) is 4.74 Å². The largest absolute Gasteiger partial charge is 0.482 e. The Morgan fingerprint density at radius 3 is 2.97 bits per heavy atom. The van der Waals surface area contributed by atoms with Gasteiger partial charge in [-0.3, -0.25) is 14.9 Å². The Kier molecular flexibility index (Phi) is 5.14. The number of nitrogens with one attached hydrogen (secondary N) is 1. The normalized spacial score (nSPS) is 12.9. The zero-order valence-corrected chi connectivity index (χ0v) is 16.7. The highest BCUT2D eigenvalue weighted by Gasteiger charge is 2.25. The first-order valence-electron chi connectivity index (χ1n) is 9.08. The molecule has 0 saturated carbocycles. The van der Waals surface area contributed by atoms with E-state index in [1.807, 2.05) is 48.7 Å². The molecule has 6 nitrogen and oxygen atoms in total. The van der Waals surface area contributed by atoms with E-state index in [1.165, 1.54) is 11.3 Å². The molecule has 1 aliphatic rings. The van der Waals surface area contributed by atoms with E-state index in [0.29, 0.717) is 28.7 Å². The van der Waals surface area contributed by atoms with Crippen LogP contribution in [0.15, 0.2) is 60.5 Å². The van der Waals surface area contributed by atoms with Crippen molar-refractivity contribution in [2.75, 3.05) is 23.4 Å². The molecule has 0 radical (unpaired) electrons. The van der Waals surface area contributed by atoms with E-state index >= 15 is 0 Å². The molecule has 0 aliphatic carbocycles. The quantitative estimate of drug-likeness (QED) is 0.643. The number of carbonyl (C=O) groups excluding carboxylic acids is 2. The molecule has 1 aromatic heterocycles. The number of aryl methyl sites for hydroxylation is 1. The fourth-order valence-electron chi connectivity index (χ4n) is 3.15. The standard InChI is InChI=1S/C22H19N3O3S/c1-3-10-25-18-11-15(8-9-19(18)28-12-20(25)26)17-13-29-22(23-17)24-21(27)16-7-5-4-6-14(16)2/h3-9,11,13H,1,10,12H2,2H3,(H,23,24,27). The predicted octanol–water partition coefficient (Wildman–Crippen LogP) is 4.28. The maximum absolute atomic E-state index is 12.5. The second-order valence-electron chi connectivity index (χ2n) is 6.57. The number of ether oxygens (including phenoxy) is 1. The summed E-state index contributed by atoms with van der Waals surface area (Å²) in [5, 5.41) is 5.24. The lowest BCUT2D eigenvalue weighted by Crippen LogP contribution is -2.38. The van der Waals surface area contributed by atoms with Gasteiger partial charge in [0.1, 0.15) is 5.75 Å². The summed E-state index contributed by atoms with van der Waals surface area (Å²) in [6.07, 6.45) is 1.68. The number of fused-ring (bicyclic) bond motifs is 1. The van der Waals surface area contributed by atoms with Crippen LogP contribution in [0.5, 0.6) is 5.75 Å². The molecule has 146 valence electrons. The number of hydrogen-bond acceptors (Lipinski definition) is 5. The van der Waals surface area contributed by atoms with Gasteiger partial charge in [0, 0.05) is 23.1 Å². The van der Waals surface area contributed by atoms with E-state index in [-0.39, 0.29) is 18.4 Å². The van der Waals surface area contributed by atoms with Crippen molar-refractivity contribution in [3.8, 4) is 17.0 Å². The summed E-state index contributed by atoms with van der Waals surface area (Å²) in [6, 6.07) is 13.0. The van der Waals surface area contributed by atoms with E-state index in [9.17, 15) is 9.59 Å². The number of carbonyl (C=O) groups is 2. The number of thiazole rings is 1. The molecule has 29 heavy (non-hydrogen) atoms. The van der Waals surface area contributed by atoms with Crippen LogP contribution in [0.2, 0.25) is 0 Å². The first-order valence-corrected chi connectivity index (χ1v) is 9.96. The summed E-state index contributed by atoms with van der Waals surface area (Å²) in [5.41, 5.74) is 3.77. The summed E-state index contributed by atoms with van der Waals surface area (Å²) in [4.78, 5) is 30.9. The molecule has 4 rings (SSSR count). The summed E-state index contributed by atoms with van der Waals surface area (Å²) < 4.78 is 5.52. The van der Waals surface area contributed by atoms with E-state index in [2.05, 4.69) is 16.9 Å². The van der Waals surface area contributed by atoms with Gasteiger partial charge in [-0.2, -0.15) is 0 Å². The van der Waals surface area contributed by atoms with Crippen molar-refractivity contribution in [1.29, 1.82) is 0 Å². The van der Waals surface area contributed by atoms with Crippen LogP contribution in [0.3, 0.4) is 0 Å². The lowest BCUT2D eigenvalue weighted by molar-refractivity contribution is -0.121. The van der Waals surface area contributed by atoms with Crippen molar-refractivity contribution >= 4 is 34.0 Å². The Balaban J connectivity index is 1.59. The van der Waals surface area contributed by atoms with Gasteiger partial charge in [0.05, 0.1) is 11.4 Å². The predicted molar refractivity (Wildman–Crippen MR) is 115 cm³/mol. The average Bonchev–Trinajstić information content (AvgIpc) is 3.18. The van der Waals surface area contributed by atoms with Crippen LogP contribution >= 0.6 is 11.3 Å². The van der Waals surface area contributed by atoms with E-state index < -0.39 is 0 Å². The molecule has 0 saturated heterocycles. The lowest BCUT2D eigenvalue weighted by Gasteiger charge is -2.28. The number of aromatic nitrogens is 1. The van der Waals surface area contributed by atoms with Gasteiger partial charge in [0.15, 0.2) is 11.7 Å². The minimum atomic E-state index is -0.189. The fourth-order valence-corrected chi connectivity index (χ4v) is 3.86. The highest BCUT2D eigenvalue weighted by molar-refractivity contribution is 7.14. The van der Waals surface area contributed by atoms with Gasteiger partial charge >= 0.3 is 0 Å². The number of rotatable bonds is 5. The Hall–Kier alpha value is -3.45. The van der Waals surface area contributed by atoms with Crippen molar-refractivity contribution in [3.63, 3.8) is 0 Å². The Labute approximate surface area is 172 Å². The molecule has 0 unspecified atom stereocenters. The maximum atomic E-state index is 12.5. The van der Waals surface area contributed by atoms with Crippen LogP contribution in [0.25, 0.3) is 11.3 Å². The third-order valence-corrected chi connectivity index (χ3v) is 5.38. The molecule has 7 heteroatoms. The van der Waals surface area contributed by atoms with Crippen LogP contribution in [-0.4, -0.2) is 29.9 Å². The molecule has 0 bridgehead atoms. The molecule has 2 heterocycles. The number of amides is 2. The first kappa shape index (κ1) is 18.9. The van der Waals surface area contributed by atoms with Crippen molar-refractivity contribution in [1.82, 2.24) is 4.98 Å². The monoisotopic (exact) mass is 405 g/mol. The molecule has 0 atom stereocenters. The SMILES string of the molecule is C=CCN1C(=O)COc2ccc(-c3csc(NC(=O)c4ccccc4C)n3)cc21. The smallest absolute Gasteiger partial charge is 0.265 e. The van der Waals surface area contributed by atoms with Crippen LogP contribution < -0.4 is 15.0 Å². The van der Waals surface area contributed by atoms with Gasteiger partial charge in [0.2, 0.25) is 0 Å². The lowest BCUT2D eigenvalue weighted by atomic mass is 10.1. The Bertz CT molecular complexity index is 1110. The Morgan fingerprint density at radius 1 is 1.34 bits per heavy atom. The summed E-state index contributed by atoms with van der Waals surface area (Å²) in [7, 11) is 0. The highest BCUT2D eigenvalue weighted by Crippen LogP contribution is 2.36. The minimum absolute atomic E-state index is 0.0198. The van der Waals surface area contributed by atoms with Crippen LogP contribution in [0, 0.1) is 6.92 Å². The van der Waals surface area contributed by atoms with Gasteiger partial charge in [0.25, 0.3) is 11.8 Å². The van der Waals surface area contributed by atoms with Crippen molar-refractivity contribution < 1.29 is 14.3 Å². The summed E-state index contributed by atoms with van der Waals surface area (Å²) >= 11 is 1.35. The zero-order chi connectivity index (χ0) is 20.4. The van der Waals surface area contributed by atoms with Gasteiger partial charge in [-0.05, 0) is 36.8 Å². The molecule has 3 aromatic rings. The van der Waals surface area contributed by atoms with Crippen molar-refractivity contribution in [2.45, 2.75) is 6.92 Å². The van der Waals surface area contributed by atoms with Gasteiger partial charge < -0.3 is 9.64 Å². The number of benzene rings is 2. The van der Waals surface area contributed by atoms with Crippen LogP contribution in [0.1, 0.15) is 15.9 Å². The van der Waals surface area contributed by atoms with Crippen LogP contribution in [-0.2, 0) is 4.79 Å². The van der Waals surface area contributed by atoms with Gasteiger partial charge in [-0.15, -0.1) is 17.9 Å². The zero-order valence-electron chi connectivity index (χ0n) is 15.8. The maximum Gasteiger partial charge on any atom is 0.265 e. The second kappa shape index (κ2) is 7.89. The molecular weight excluding hydrogens is 386 g/mol. The molecule has 0 fully saturated rings. The molecule has 1 N–H and O–H groups in total. The van der Waals surface area contributed by atoms with Gasteiger partial charge in [-0.25, -0.2) is 4.98 Å². The minimum Gasteiger partial charge on any atom is -0.482 e. The molecule has 0 spiro atoms. The average molecular weight is 405 g/mol. The summed E-state index contributed by atoms with van der Waals surface area (Å²) in [5.74, 6) is 0.350. The Morgan fingerprint density at radius 2 is 2.17 bits per heavy atom. The van der Waals surface area contributed by atoms with Crippen molar-refractivity contribution in [2.24, 2.45) is 0 Å². The van der Waals surface area contributed by atoms with Crippen LogP contribution in [0.4, 0.5) is 10.8 Å². The van der Waals surface area contributed by atoms with E-state index in [1.54, 1.807) is 17.0 Å². The van der Waals surface area contributed by atoms with E-state index in [0.717, 1.165) is 16.8 Å². The molecular formula is C22H19N3O3S. The number of hydrogen-bond donors (Lipinski definition) is 1.